The van der Waals surface area contributed by atoms with Crippen molar-refractivity contribution in [1.82, 2.24) is 5.48 Å². The summed E-state index contributed by atoms with van der Waals surface area (Å²) in [4.78, 5) is 19.8. The van der Waals surface area contributed by atoms with Crippen LogP contribution in [0, 0.1) is 0 Å². The minimum Gasteiger partial charge on any atom is -0.267 e. The number of hydroxylamine groups is 1. The molecule has 0 fully saturated rings. The smallest absolute Gasteiger partial charge is 0.267 e. The van der Waals surface area contributed by atoms with Gasteiger partial charge < -0.3 is 0 Å². The summed E-state index contributed by atoms with van der Waals surface area (Å²) in [7, 11) is 1.51. The van der Waals surface area contributed by atoms with Crippen molar-refractivity contribution in [3.8, 4) is 0 Å². The van der Waals surface area contributed by atoms with Gasteiger partial charge in [-0.2, -0.15) is 5.48 Å². The van der Waals surface area contributed by atoms with E-state index in [0.717, 1.165) is 19.3 Å². The molecule has 0 unspecified atom stereocenters. The highest BCUT2D eigenvalue weighted by Gasteiger charge is 2.03. The molecule has 5 nitrogen and oxygen atoms in total. The Hall–Kier alpha value is -0.910. The minimum atomic E-state index is -0.400. The molecule has 0 saturated carbocycles. The summed E-state index contributed by atoms with van der Waals surface area (Å²) in [5.41, 5.74) is 2.24. The van der Waals surface area contributed by atoms with Crippen molar-refractivity contribution in [2.45, 2.75) is 96.8 Å². The van der Waals surface area contributed by atoms with Crippen LogP contribution in [-0.4, -0.2) is 13.0 Å². The van der Waals surface area contributed by atoms with Crippen LogP contribution in [0.1, 0.15) is 96.8 Å². The van der Waals surface area contributed by atoms with Gasteiger partial charge in [-0.15, -0.1) is 4.99 Å². The second-order valence-electron chi connectivity index (χ2n) is 6.15. The van der Waals surface area contributed by atoms with Gasteiger partial charge in [0, 0.05) is 18.5 Å². The summed E-state index contributed by atoms with van der Waals surface area (Å²) in [5, 5.41) is 4.15. The quantitative estimate of drug-likeness (QED) is 0.153. The van der Waals surface area contributed by atoms with Gasteiger partial charge in [-0.1, -0.05) is 70.4 Å². The molecule has 0 aromatic heterocycles. The van der Waals surface area contributed by atoms with Gasteiger partial charge in [-0.05, 0) is 32.1 Å². The van der Waals surface area contributed by atoms with Gasteiger partial charge in [0.2, 0.25) is 0 Å². The number of nitrogens with one attached hydrogen (secondary N) is 1. The number of allylic oxidation sites excluding steroid dienone is 2. The van der Waals surface area contributed by atoms with E-state index in [0.29, 0.717) is 6.42 Å². The van der Waals surface area contributed by atoms with Crippen molar-refractivity contribution >= 4 is 5.97 Å². The lowest BCUT2D eigenvalue weighted by atomic mass is 10.1. The minimum absolute atomic E-state index is 0.366. The van der Waals surface area contributed by atoms with E-state index in [2.05, 4.69) is 39.5 Å². The van der Waals surface area contributed by atoms with Crippen LogP contribution in [0.5, 0.6) is 0 Å². The lowest BCUT2D eigenvalue weighted by Gasteiger charge is -2.01. The predicted molar refractivity (Wildman–Crippen MR) is 96.8 cm³/mol. The third-order valence-electron chi connectivity index (χ3n) is 3.89. The molecule has 1 N–H and O–H groups in total. The lowest BCUT2D eigenvalue weighted by molar-refractivity contribution is -0.507. The number of carbonyl (C=O) groups excluding carboxylic acids is 1. The maximum Gasteiger partial charge on any atom is 0.345 e. The molecular formula is C19H37NO4. The number of hydrogen-bond donors (Lipinski definition) is 1. The fourth-order valence-electron chi connectivity index (χ4n) is 2.47. The van der Waals surface area contributed by atoms with Crippen LogP contribution < -0.4 is 5.48 Å². The lowest BCUT2D eigenvalue weighted by Crippen LogP contribution is -2.12. The van der Waals surface area contributed by atoms with Crippen LogP contribution in [0.15, 0.2) is 12.2 Å². The largest absolute Gasteiger partial charge is 0.345 e. The molecular weight excluding hydrogens is 306 g/mol. The van der Waals surface area contributed by atoms with Crippen LogP contribution in [0.3, 0.4) is 0 Å². The Morgan fingerprint density at radius 2 is 1.38 bits per heavy atom. The molecule has 0 rings (SSSR count). The first-order valence-electron chi connectivity index (χ1n) is 9.66. The zero-order chi connectivity index (χ0) is 17.7. The molecule has 0 bridgehead atoms. The SMILES string of the molecule is CCCCCCCC/C=C\CCCCCCCC(=O)OOONC. The maximum atomic E-state index is 11.2. The zero-order valence-corrected chi connectivity index (χ0v) is 15.7. The van der Waals surface area contributed by atoms with Crippen LogP contribution >= 0.6 is 0 Å². The van der Waals surface area contributed by atoms with E-state index in [1.165, 1.54) is 71.3 Å². The number of unbranched alkanes of at least 4 members (excludes halogenated alkanes) is 11. The average Bonchev–Trinajstić information content (AvgIpc) is 2.58. The molecule has 24 heavy (non-hydrogen) atoms. The first-order chi connectivity index (χ1) is 11.8. The monoisotopic (exact) mass is 343 g/mol. The summed E-state index contributed by atoms with van der Waals surface area (Å²) in [6.45, 7) is 2.26. The Bertz CT molecular complexity index is 295. The Kier molecular flexibility index (Phi) is 19.4. The molecule has 0 saturated heterocycles. The second kappa shape index (κ2) is 20.1. The molecule has 0 spiro atoms. The summed E-state index contributed by atoms with van der Waals surface area (Å²) < 4.78 is 0. The van der Waals surface area contributed by atoms with Crippen molar-refractivity contribution in [2.75, 3.05) is 7.05 Å². The molecule has 142 valence electrons. The third-order valence-corrected chi connectivity index (χ3v) is 3.89. The molecule has 0 radical (unpaired) electrons. The normalized spacial score (nSPS) is 11.2. The average molecular weight is 344 g/mol. The number of hydrogen-bond acceptors (Lipinski definition) is 5. The Morgan fingerprint density at radius 1 is 0.833 bits per heavy atom. The standard InChI is InChI=1S/C19H37NO4/c1-3-4-5-6-7-8-9-10-11-12-13-14-15-16-17-18-19(21)22-24-23-20-2/h10-11,20H,3-9,12-18H2,1-2H3/b11-10-. The summed E-state index contributed by atoms with van der Waals surface area (Å²) in [6, 6.07) is 0. The van der Waals surface area contributed by atoms with Crippen molar-refractivity contribution in [2.24, 2.45) is 0 Å². The first-order valence-corrected chi connectivity index (χ1v) is 9.66. The van der Waals surface area contributed by atoms with E-state index in [1.54, 1.807) is 0 Å². The Morgan fingerprint density at radius 3 is 1.96 bits per heavy atom. The Balaban J connectivity index is 3.16. The molecule has 5 heteroatoms. The van der Waals surface area contributed by atoms with Crippen LogP contribution in [0.2, 0.25) is 0 Å². The number of rotatable bonds is 18. The van der Waals surface area contributed by atoms with Crippen LogP contribution in [0.25, 0.3) is 0 Å². The van der Waals surface area contributed by atoms with Crippen molar-refractivity contribution in [1.29, 1.82) is 0 Å². The topological polar surface area (TPSA) is 56.8 Å². The van der Waals surface area contributed by atoms with Gasteiger partial charge >= 0.3 is 5.97 Å². The maximum absolute atomic E-state index is 11.2. The van der Waals surface area contributed by atoms with E-state index in [4.69, 9.17) is 0 Å². The van der Waals surface area contributed by atoms with Crippen molar-refractivity contribution < 1.29 is 19.7 Å². The van der Waals surface area contributed by atoms with E-state index in [-0.39, 0.29) is 0 Å². The van der Waals surface area contributed by atoms with Gasteiger partial charge in [0.05, 0.1) is 0 Å². The predicted octanol–water partition coefficient (Wildman–Crippen LogP) is 5.56. The zero-order valence-electron chi connectivity index (χ0n) is 15.7. The van der Waals surface area contributed by atoms with Gasteiger partial charge in [-0.3, -0.25) is 4.89 Å². The number of carbonyl (C=O) groups is 1. The highest BCUT2D eigenvalue weighted by molar-refractivity contribution is 5.68. The van der Waals surface area contributed by atoms with Crippen molar-refractivity contribution in [3.05, 3.63) is 12.2 Å². The van der Waals surface area contributed by atoms with E-state index >= 15 is 0 Å². The van der Waals surface area contributed by atoms with Crippen LogP contribution in [-0.2, 0) is 19.7 Å². The fraction of sp³-hybridized carbons (Fsp3) is 0.842. The molecule has 0 aliphatic carbocycles. The van der Waals surface area contributed by atoms with Gasteiger partial charge in [-0.25, -0.2) is 4.79 Å². The molecule has 0 aromatic carbocycles. The molecule has 0 amide bonds. The van der Waals surface area contributed by atoms with Crippen LogP contribution in [0.4, 0.5) is 0 Å². The first kappa shape index (κ1) is 23.1. The van der Waals surface area contributed by atoms with E-state index in [9.17, 15) is 4.79 Å². The Labute approximate surface area is 147 Å². The third kappa shape index (κ3) is 19.1. The summed E-state index contributed by atoms with van der Waals surface area (Å²) >= 11 is 0. The molecule has 0 aliphatic rings. The van der Waals surface area contributed by atoms with Gasteiger partial charge in [0.15, 0.2) is 0 Å². The van der Waals surface area contributed by atoms with Gasteiger partial charge in [0.1, 0.15) is 0 Å². The van der Waals surface area contributed by atoms with E-state index in [1.807, 2.05) is 0 Å². The molecule has 0 atom stereocenters. The molecule has 0 heterocycles. The second-order valence-corrected chi connectivity index (χ2v) is 6.15. The summed E-state index contributed by atoms with van der Waals surface area (Å²) in [6.07, 6.45) is 21.1. The van der Waals surface area contributed by atoms with Crippen molar-refractivity contribution in [3.63, 3.8) is 0 Å². The highest BCUT2D eigenvalue weighted by atomic mass is 17.5. The van der Waals surface area contributed by atoms with Gasteiger partial charge in [0.25, 0.3) is 0 Å². The highest BCUT2D eigenvalue weighted by Crippen LogP contribution is 2.10. The molecule has 0 aliphatic heterocycles. The van der Waals surface area contributed by atoms with E-state index < -0.39 is 5.97 Å². The fourth-order valence-corrected chi connectivity index (χ4v) is 2.47. The molecule has 0 aromatic rings. The summed E-state index contributed by atoms with van der Waals surface area (Å²) in [5.74, 6) is -0.400.